The van der Waals surface area contributed by atoms with Gasteiger partial charge in [0.1, 0.15) is 11.2 Å². The molecular weight excluding hydrogens is 266 g/mol. The summed E-state index contributed by atoms with van der Waals surface area (Å²) in [5.41, 5.74) is -1.57. The quantitative estimate of drug-likeness (QED) is 0.603. The first kappa shape index (κ1) is 15.7. The lowest BCUT2D eigenvalue weighted by Gasteiger charge is -2.25. The van der Waals surface area contributed by atoms with Crippen LogP contribution in [0, 0.1) is 10.1 Å². The van der Waals surface area contributed by atoms with Crippen LogP contribution in [0.5, 0.6) is 0 Å². The van der Waals surface area contributed by atoms with Crippen molar-refractivity contribution in [3.63, 3.8) is 0 Å². The molecule has 0 saturated heterocycles. The van der Waals surface area contributed by atoms with E-state index in [-0.39, 0.29) is 17.8 Å². The number of carbonyl (C=O) groups is 2. The molecule has 1 atom stereocenters. The molecule has 0 aromatic carbocycles. The third-order valence-corrected chi connectivity index (χ3v) is 3.05. The highest BCUT2D eigenvalue weighted by Crippen LogP contribution is 2.18. The van der Waals surface area contributed by atoms with Crippen molar-refractivity contribution in [2.24, 2.45) is 7.05 Å². The van der Waals surface area contributed by atoms with Gasteiger partial charge < -0.3 is 15.0 Å². The number of aryl methyl sites for hydroxylation is 1. The van der Waals surface area contributed by atoms with Gasteiger partial charge in [0.2, 0.25) is 0 Å². The zero-order chi connectivity index (χ0) is 15.5. The third kappa shape index (κ3) is 3.14. The standard InChI is InChI=1S/C12H17N3O5/c1-4-5-12(2,11(17)18)13-10(16)9-6-8(15(19)20)7-14(9)3/h6-7H,4-5H2,1-3H3,(H,13,16)(H,17,18). The van der Waals surface area contributed by atoms with Crippen LogP contribution in [-0.2, 0) is 11.8 Å². The predicted octanol–water partition coefficient (Wildman–Crippen LogP) is 1.31. The molecule has 0 bridgehead atoms. The fourth-order valence-electron chi connectivity index (χ4n) is 1.91. The van der Waals surface area contributed by atoms with Crippen molar-refractivity contribution in [1.82, 2.24) is 9.88 Å². The molecular formula is C12H17N3O5. The summed E-state index contributed by atoms with van der Waals surface area (Å²) in [5.74, 6) is -1.80. The zero-order valence-electron chi connectivity index (χ0n) is 11.5. The summed E-state index contributed by atoms with van der Waals surface area (Å²) in [4.78, 5) is 33.4. The van der Waals surface area contributed by atoms with E-state index in [0.29, 0.717) is 6.42 Å². The van der Waals surface area contributed by atoms with Crippen molar-refractivity contribution in [3.8, 4) is 0 Å². The van der Waals surface area contributed by atoms with Crippen LogP contribution in [0.3, 0.4) is 0 Å². The number of rotatable bonds is 6. The van der Waals surface area contributed by atoms with Crippen molar-refractivity contribution in [1.29, 1.82) is 0 Å². The van der Waals surface area contributed by atoms with Gasteiger partial charge in [-0.05, 0) is 13.3 Å². The summed E-state index contributed by atoms with van der Waals surface area (Å²) >= 11 is 0. The molecule has 1 rings (SSSR count). The first-order valence-corrected chi connectivity index (χ1v) is 6.08. The number of carboxylic acids is 1. The summed E-state index contributed by atoms with van der Waals surface area (Å²) in [6, 6.07) is 1.11. The summed E-state index contributed by atoms with van der Waals surface area (Å²) in [5, 5.41) is 22.3. The van der Waals surface area contributed by atoms with E-state index in [0.717, 1.165) is 6.07 Å². The number of aliphatic carboxylic acids is 1. The van der Waals surface area contributed by atoms with Gasteiger partial charge in [-0.15, -0.1) is 0 Å². The minimum atomic E-state index is -1.40. The highest BCUT2D eigenvalue weighted by molar-refractivity contribution is 5.97. The molecule has 0 aliphatic rings. The Morgan fingerprint density at radius 2 is 2.15 bits per heavy atom. The van der Waals surface area contributed by atoms with Gasteiger partial charge in [-0.3, -0.25) is 14.9 Å². The van der Waals surface area contributed by atoms with E-state index in [9.17, 15) is 24.8 Å². The zero-order valence-corrected chi connectivity index (χ0v) is 11.5. The van der Waals surface area contributed by atoms with Gasteiger partial charge >= 0.3 is 5.97 Å². The molecule has 110 valence electrons. The maximum absolute atomic E-state index is 12.1. The number of amides is 1. The van der Waals surface area contributed by atoms with Crippen molar-refractivity contribution < 1.29 is 19.6 Å². The molecule has 1 heterocycles. The Morgan fingerprint density at radius 1 is 1.55 bits per heavy atom. The average Bonchev–Trinajstić information content (AvgIpc) is 2.71. The van der Waals surface area contributed by atoms with Crippen molar-refractivity contribution >= 4 is 17.6 Å². The van der Waals surface area contributed by atoms with Crippen LogP contribution in [-0.4, -0.2) is 32.0 Å². The first-order valence-electron chi connectivity index (χ1n) is 6.08. The smallest absolute Gasteiger partial charge is 0.329 e. The fourth-order valence-corrected chi connectivity index (χ4v) is 1.91. The second-order valence-corrected chi connectivity index (χ2v) is 4.79. The number of hydrogen-bond donors (Lipinski definition) is 2. The molecule has 8 nitrogen and oxygen atoms in total. The van der Waals surface area contributed by atoms with Crippen LogP contribution in [0.1, 0.15) is 37.2 Å². The number of aromatic nitrogens is 1. The van der Waals surface area contributed by atoms with E-state index in [1.54, 1.807) is 6.92 Å². The molecule has 1 unspecified atom stereocenters. The van der Waals surface area contributed by atoms with Crippen LogP contribution in [0.2, 0.25) is 0 Å². The SMILES string of the molecule is CCCC(C)(NC(=O)c1cc([N+](=O)[O-])cn1C)C(=O)O. The van der Waals surface area contributed by atoms with Crippen LogP contribution >= 0.6 is 0 Å². The van der Waals surface area contributed by atoms with E-state index < -0.39 is 22.3 Å². The van der Waals surface area contributed by atoms with Crippen LogP contribution < -0.4 is 5.32 Å². The molecule has 0 fully saturated rings. The highest BCUT2D eigenvalue weighted by Gasteiger charge is 2.35. The molecule has 0 radical (unpaired) electrons. The van der Waals surface area contributed by atoms with E-state index in [1.165, 1.54) is 24.7 Å². The number of nitrogens with zero attached hydrogens (tertiary/aromatic N) is 2. The lowest BCUT2D eigenvalue weighted by atomic mass is 9.96. The van der Waals surface area contributed by atoms with Crippen molar-refractivity contribution in [2.45, 2.75) is 32.2 Å². The van der Waals surface area contributed by atoms with Crippen LogP contribution in [0.25, 0.3) is 0 Å². The van der Waals surface area contributed by atoms with Crippen molar-refractivity contribution in [2.75, 3.05) is 0 Å². The number of nitro groups is 1. The molecule has 1 aromatic rings. The average molecular weight is 283 g/mol. The minimum absolute atomic E-state index is 0.0419. The summed E-state index contributed by atoms with van der Waals surface area (Å²) in [6.45, 7) is 3.22. The second kappa shape index (κ2) is 5.72. The lowest BCUT2D eigenvalue weighted by Crippen LogP contribution is -2.52. The first-order chi connectivity index (χ1) is 9.21. The number of hydrogen-bond acceptors (Lipinski definition) is 4. The second-order valence-electron chi connectivity index (χ2n) is 4.79. The van der Waals surface area contributed by atoms with Gasteiger partial charge in [-0.25, -0.2) is 4.79 Å². The molecule has 8 heteroatoms. The Kier molecular flexibility index (Phi) is 4.49. The minimum Gasteiger partial charge on any atom is -0.480 e. The predicted molar refractivity (Wildman–Crippen MR) is 70.5 cm³/mol. The van der Waals surface area contributed by atoms with Gasteiger partial charge in [0.25, 0.3) is 11.6 Å². The Balaban J connectivity index is 3.01. The molecule has 20 heavy (non-hydrogen) atoms. The Hall–Kier alpha value is -2.38. The van der Waals surface area contributed by atoms with Gasteiger partial charge in [0, 0.05) is 13.1 Å². The van der Waals surface area contributed by atoms with E-state index in [4.69, 9.17) is 0 Å². The van der Waals surface area contributed by atoms with Crippen molar-refractivity contribution in [3.05, 3.63) is 28.1 Å². The monoisotopic (exact) mass is 283 g/mol. The summed E-state index contributed by atoms with van der Waals surface area (Å²) in [6.07, 6.45) is 2.05. The van der Waals surface area contributed by atoms with Gasteiger partial charge in [-0.2, -0.15) is 0 Å². The molecule has 2 N–H and O–H groups in total. The Bertz CT molecular complexity index is 551. The topological polar surface area (TPSA) is 114 Å². The summed E-state index contributed by atoms with van der Waals surface area (Å²) in [7, 11) is 1.49. The maximum atomic E-state index is 12.1. The Morgan fingerprint density at radius 3 is 2.55 bits per heavy atom. The van der Waals surface area contributed by atoms with E-state index >= 15 is 0 Å². The molecule has 0 saturated carbocycles. The molecule has 0 aliphatic carbocycles. The third-order valence-electron chi connectivity index (χ3n) is 3.05. The van der Waals surface area contributed by atoms with Gasteiger partial charge in [0.15, 0.2) is 0 Å². The van der Waals surface area contributed by atoms with Crippen LogP contribution in [0.15, 0.2) is 12.3 Å². The van der Waals surface area contributed by atoms with E-state index in [2.05, 4.69) is 5.32 Å². The van der Waals surface area contributed by atoms with Crippen LogP contribution in [0.4, 0.5) is 5.69 Å². The molecule has 1 amide bonds. The molecule has 1 aromatic heterocycles. The molecule has 0 spiro atoms. The Labute approximate surface area is 115 Å². The van der Waals surface area contributed by atoms with Gasteiger partial charge in [0.05, 0.1) is 11.1 Å². The number of nitrogens with one attached hydrogen (secondary N) is 1. The summed E-state index contributed by atoms with van der Waals surface area (Å²) < 4.78 is 1.29. The largest absolute Gasteiger partial charge is 0.480 e. The molecule has 0 aliphatic heterocycles. The highest BCUT2D eigenvalue weighted by atomic mass is 16.6. The van der Waals surface area contributed by atoms with Gasteiger partial charge in [-0.1, -0.05) is 13.3 Å². The normalized spacial score (nSPS) is 13.6. The number of carboxylic acid groups (broad SMARTS) is 1. The number of carbonyl (C=O) groups excluding carboxylic acids is 1. The van der Waals surface area contributed by atoms with E-state index in [1.807, 2.05) is 0 Å². The maximum Gasteiger partial charge on any atom is 0.329 e. The fraction of sp³-hybridized carbons (Fsp3) is 0.500. The lowest BCUT2D eigenvalue weighted by molar-refractivity contribution is -0.384.